The van der Waals surface area contributed by atoms with E-state index in [0.29, 0.717) is 17.2 Å². The standard InChI is InChI=1S/C25H26N2O4/c1-15(2)19-12-18(13-20(16(3)4)24(19)30-17(5)28)14-23-25(29)27(11-10-26)21-8-6-7-9-22(21)31-23/h6-9,12-16H,11H2,1-5H3. The van der Waals surface area contributed by atoms with Crippen LogP contribution in [0.15, 0.2) is 42.2 Å². The third-order valence-electron chi connectivity index (χ3n) is 5.02. The molecule has 6 nitrogen and oxygen atoms in total. The second-order valence-electron chi connectivity index (χ2n) is 8.06. The number of nitriles is 1. The Morgan fingerprint density at radius 1 is 1.16 bits per heavy atom. The molecule has 6 heteroatoms. The molecule has 1 amide bonds. The molecule has 0 aliphatic carbocycles. The third kappa shape index (κ3) is 4.61. The number of esters is 1. The summed E-state index contributed by atoms with van der Waals surface area (Å²) in [6, 6.07) is 13.0. The SMILES string of the molecule is CC(=O)Oc1c(C(C)C)cc(C=C2Oc3ccccc3N(CC#N)C2=O)cc1C(C)C. The molecule has 0 saturated heterocycles. The van der Waals surface area contributed by atoms with Crippen LogP contribution < -0.4 is 14.4 Å². The van der Waals surface area contributed by atoms with E-state index in [1.807, 2.05) is 52.0 Å². The topological polar surface area (TPSA) is 79.6 Å². The number of amides is 1. The highest BCUT2D eigenvalue weighted by Gasteiger charge is 2.30. The Kier molecular flexibility index (Phi) is 6.45. The van der Waals surface area contributed by atoms with E-state index < -0.39 is 0 Å². The number of ether oxygens (including phenoxy) is 2. The monoisotopic (exact) mass is 418 g/mol. The van der Waals surface area contributed by atoms with Gasteiger partial charge in [-0.1, -0.05) is 39.8 Å². The average Bonchev–Trinajstić information content (AvgIpc) is 2.71. The number of para-hydroxylation sites is 2. The molecule has 0 atom stereocenters. The first-order valence-electron chi connectivity index (χ1n) is 10.3. The highest BCUT2D eigenvalue weighted by molar-refractivity contribution is 6.10. The van der Waals surface area contributed by atoms with Gasteiger partial charge in [-0.3, -0.25) is 14.5 Å². The Balaban J connectivity index is 2.14. The number of nitrogens with zero attached hydrogens (tertiary/aromatic N) is 2. The maximum absolute atomic E-state index is 13.0. The van der Waals surface area contributed by atoms with Gasteiger partial charge in [-0.25, -0.2) is 0 Å². The molecule has 0 bridgehead atoms. The van der Waals surface area contributed by atoms with Crippen molar-refractivity contribution in [2.24, 2.45) is 0 Å². The summed E-state index contributed by atoms with van der Waals surface area (Å²) in [5.74, 6) is 0.692. The van der Waals surface area contributed by atoms with Crippen molar-refractivity contribution in [3.63, 3.8) is 0 Å². The lowest BCUT2D eigenvalue weighted by molar-refractivity contribution is -0.132. The van der Waals surface area contributed by atoms with Gasteiger partial charge in [0.2, 0.25) is 0 Å². The lowest BCUT2D eigenvalue weighted by atomic mass is 9.91. The molecule has 1 aliphatic rings. The zero-order valence-corrected chi connectivity index (χ0v) is 18.4. The Labute approximate surface area is 182 Å². The van der Waals surface area contributed by atoms with Crippen LogP contribution in [-0.2, 0) is 9.59 Å². The van der Waals surface area contributed by atoms with Crippen molar-refractivity contribution in [3.8, 4) is 17.6 Å². The van der Waals surface area contributed by atoms with E-state index in [1.165, 1.54) is 11.8 Å². The predicted octanol–water partition coefficient (Wildman–Crippen LogP) is 5.15. The smallest absolute Gasteiger partial charge is 0.308 e. The number of carbonyl (C=O) groups is 2. The van der Waals surface area contributed by atoms with E-state index in [2.05, 4.69) is 0 Å². The summed E-state index contributed by atoms with van der Waals surface area (Å²) >= 11 is 0. The molecule has 0 radical (unpaired) electrons. The van der Waals surface area contributed by atoms with Gasteiger partial charge in [-0.15, -0.1) is 0 Å². The zero-order valence-electron chi connectivity index (χ0n) is 18.4. The van der Waals surface area contributed by atoms with E-state index in [1.54, 1.807) is 24.3 Å². The summed E-state index contributed by atoms with van der Waals surface area (Å²) < 4.78 is 11.5. The molecule has 0 saturated carbocycles. The van der Waals surface area contributed by atoms with Gasteiger partial charge < -0.3 is 9.47 Å². The van der Waals surface area contributed by atoms with Crippen LogP contribution in [0.1, 0.15) is 63.1 Å². The van der Waals surface area contributed by atoms with Crippen molar-refractivity contribution >= 4 is 23.6 Å². The van der Waals surface area contributed by atoms with Crippen molar-refractivity contribution in [2.45, 2.75) is 46.5 Å². The van der Waals surface area contributed by atoms with Gasteiger partial charge in [0, 0.05) is 6.92 Å². The van der Waals surface area contributed by atoms with Gasteiger partial charge in [0.15, 0.2) is 11.5 Å². The second-order valence-corrected chi connectivity index (χ2v) is 8.06. The minimum atomic E-state index is -0.374. The number of benzene rings is 2. The molecule has 1 heterocycles. The molecule has 31 heavy (non-hydrogen) atoms. The van der Waals surface area contributed by atoms with Crippen LogP contribution in [-0.4, -0.2) is 18.4 Å². The molecule has 2 aromatic rings. The second kappa shape index (κ2) is 9.05. The fourth-order valence-corrected chi connectivity index (χ4v) is 3.54. The van der Waals surface area contributed by atoms with Gasteiger partial charge in [0.05, 0.1) is 11.8 Å². The molecular formula is C25H26N2O4. The lowest BCUT2D eigenvalue weighted by Gasteiger charge is -2.28. The molecule has 0 spiro atoms. The number of fused-ring (bicyclic) bond motifs is 1. The molecule has 0 N–H and O–H groups in total. The van der Waals surface area contributed by atoms with Crippen LogP contribution in [0, 0.1) is 11.3 Å². The first-order chi connectivity index (χ1) is 14.7. The minimum absolute atomic E-state index is 0.0730. The molecule has 0 unspecified atom stereocenters. The van der Waals surface area contributed by atoms with Crippen LogP contribution in [0.4, 0.5) is 5.69 Å². The minimum Gasteiger partial charge on any atom is -0.449 e. The van der Waals surface area contributed by atoms with Crippen LogP contribution in [0.5, 0.6) is 11.5 Å². The zero-order chi connectivity index (χ0) is 22.7. The largest absolute Gasteiger partial charge is 0.449 e. The quantitative estimate of drug-likeness (QED) is 0.290. The fourth-order valence-electron chi connectivity index (χ4n) is 3.54. The van der Waals surface area contributed by atoms with Gasteiger partial charge in [-0.05, 0) is 58.9 Å². The summed E-state index contributed by atoms with van der Waals surface area (Å²) in [5, 5.41) is 9.19. The van der Waals surface area contributed by atoms with E-state index in [9.17, 15) is 14.9 Å². The number of hydrogen-bond acceptors (Lipinski definition) is 5. The highest BCUT2D eigenvalue weighted by Crippen LogP contribution is 2.38. The summed E-state index contributed by atoms with van der Waals surface area (Å²) in [6.45, 7) is 9.41. The molecule has 3 rings (SSSR count). The maximum Gasteiger partial charge on any atom is 0.308 e. The van der Waals surface area contributed by atoms with E-state index in [4.69, 9.17) is 9.47 Å². The molecule has 0 aromatic heterocycles. The van der Waals surface area contributed by atoms with Crippen molar-refractivity contribution in [1.29, 1.82) is 5.26 Å². The first kappa shape index (κ1) is 22.1. The third-order valence-corrected chi connectivity index (χ3v) is 5.02. The Bertz CT molecular complexity index is 1060. The number of hydrogen-bond donors (Lipinski definition) is 0. The Morgan fingerprint density at radius 2 is 1.77 bits per heavy atom. The predicted molar refractivity (Wildman–Crippen MR) is 119 cm³/mol. The maximum atomic E-state index is 13.0. The first-order valence-corrected chi connectivity index (χ1v) is 10.3. The molecule has 0 fully saturated rings. The van der Waals surface area contributed by atoms with Gasteiger partial charge >= 0.3 is 5.97 Å². The lowest BCUT2D eigenvalue weighted by Crippen LogP contribution is -2.37. The van der Waals surface area contributed by atoms with Crippen molar-refractivity contribution in [2.75, 3.05) is 11.4 Å². The van der Waals surface area contributed by atoms with Crippen molar-refractivity contribution < 1.29 is 19.1 Å². The van der Waals surface area contributed by atoms with Crippen LogP contribution in [0.25, 0.3) is 6.08 Å². The van der Waals surface area contributed by atoms with Crippen molar-refractivity contribution in [1.82, 2.24) is 0 Å². The Morgan fingerprint density at radius 3 is 2.32 bits per heavy atom. The van der Waals surface area contributed by atoms with Crippen LogP contribution >= 0.6 is 0 Å². The van der Waals surface area contributed by atoms with E-state index in [-0.39, 0.29) is 36.0 Å². The number of anilines is 1. The van der Waals surface area contributed by atoms with Gasteiger partial charge in [-0.2, -0.15) is 5.26 Å². The summed E-state index contributed by atoms with van der Waals surface area (Å²) in [7, 11) is 0. The van der Waals surface area contributed by atoms with Gasteiger partial charge in [0.1, 0.15) is 12.3 Å². The normalized spacial score (nSPS) is 14.5. The summed E-state index contributed by atoms with van der Waals surface area (Å²) in [4.78, 5) is 26.1. The number of rotatable bonds is 5. The van der Waals surface area contributed by atoms with E-state index in [0.717, 1.165) is 16.7 Å². The highest BCUT2D eigenvalue weighted by atomic mass is 16.5. The van der Waals surface area contributed by atoms with Gasteiger partial charge in [0.25, 0.3) is 5.91 Å². The summed E-state index contributed by atoms with van der Waals surface area (Å²) in [5.41, 5.74) is 3.10. The summed E-state index contributed by atoms with van der Waals surface area (Å²) in [6.07, 6.45) is 1.68. The number of carbonyl (C=O) groups excluding carboxylic acids is 2. The van der Waals surface area contributed by atoms with Crippen molar-refractivity contribution in [3.05, 3.63) is 58.8 Å². The van der Waals surface area contributed by atoms with E-state index >= 15 is 0 Å². The molecule has 1 aliphatic heterocycles. The molecular weight excluding hydrogens is 392 g/mol. The van der Waals surface area contributed by atoms with Crippen LogP contribution in [0.3, 0.4) is 0 Å². The Hall–Kier alpha value is -3.59. The average molecular weight is 418 g/mol. The molecule has 2 aromatic carbocycles. The van der Waals surface area contributed by atoms with Crippen LogP contribution in [0.2, 0.25) is 0 Å². The molecule has 160 valence electrons. The fraction of sp³-hybridized carbons (Fsp3) is 0.320.